The maximum absolute atomic E-state index is 13.2. The number of rotatable bonds is 3. The van der Waals surface area contributed by atoms with Crippen molar-refractivity contribution in [2.24, 2.45) is 0 Å². The lowest BCUT2D eigenvalue weighted by molar-refractivity contribution is 0.0731. The number of carbonyl (C=O) groups excluding carboxylic acids is 1. The van der Waals surface area contributed by atoms with Crippen molar-refractivity contribution < 1.29 is 13.9 Å². The maximum atomic E-state index is 13.2. The van der Waals surface area contributed by atoms with Crippen LogP contribution in [0.5, 0.6) is 5.75 Å². The van der Waals surface area contributed by atoms with Gasteiger partial charge in [-0.3, -0.25) is 4.79 Å². The fourth-order valence-corrected chi connectivity index (χ4v) is 3.14. The number of benzene rings is 3. The van der Waals surface area contributed by atoms with Crippen LogP contribution in [0.15, 0.2) is 75.9 Å². The van der Waals surface area contributed by atoms with Gasteiger partial charge in [-0.15, -0.1) is 0 Å². The van der Waals surface area contributed by atoms with E-state index in [0.717, 1.165) is 11.1 Å². The molecule has 1 aromatic heterocycles. The zero-order valence-electron chi connectivity index (χ0n) is 15.9. The largest absolute Gasteiger partial charge is 0.452 e. The minimum absolute atomic E-state index is 0.132. The fourth-order valence-electron chi connectivity index (χ4n) is 3.02. The van der Waals surface area contributed by atoms with Crippen LogP contribution in [-0.4, -0.2) is 5.97 Å². The standard InChI is InChI=1S/C24H17ClO4/c1-14-3-6-16(7-4-14)22-23(29-24(27)17-8-10-18(25)11-9-17)21(26)19-13-15(2)5-12-20(19)28-22/h3-13H,1-2H3. The molecule has 0 aliphatic rings. The number of halogens is 1. The van der Waals surface area contributed by atoms with Gasteiger partial charge in [0.1, 0.15) is 5.58 Å². The molecule has 0 unspecified atom stereocenters. The SMILES string of the molecule is Cc1ccc(-c2oc3ccc(C)cc3c(=O)c2OC(=O)c2ccc(Cl)cc2)cc1. The summed E-state index contributed by atoms with van der Waals surface area (Å²) in [7, 11) is 0. The molecule has 3 aromatic carbocycles. The van der Waals surface area contributed by atoms with Crippen molar-refractivity contribution in [1.82, 2.24) is 0 Å². The molecule has 0 spiro atoms. The minimum Gasteiger partial charge on any atom is -0.452 e. The van der Waals surface area contributed by atoms with Crippen molar-refractivity contribution in [3.63, 3.8) is 0 Å². The molecule has 0 radical (unpaired) electrons. The predicted molar refractivity (Wildman–Crippen MR) is 114 cm³/mol. The molecule has 0 fully saturated rings. The smallest absolute Gasteiger partial charge is 0.343 e. The van der Waals surface area contributed by atoms with E-state index in [1.165, 1.54) is 0 Å². The Morgan fingerprint density at radius 3 is 2.24 bits per heavy atom. The van der Waals surface area contributed by atoms with Gasteiger partial charge < -0.3 is 9.15 Å². The number of hydrogen-bond donors (Lipinski definition) is 0. The zero-order chi connectivity index (χ0) is 20.5. The Labute approximate surface area is 172 Å². The Hall–Kier alpha value is -3.37. The molecular weight excluding hydrogens is 388 g/mol. The van der Waals surface area contributed by atoms with E-state index in [0.29, 0.717) is 21.6 Å². The van der Waals surface area contributed by atoms with E-state index in [9.17, 15) is 9.59 Å². The van der Waals surface area contributed by atoms with Crippen LogP contribution in [0.3, 0.4) is 0 Å². The second-order valence-corrected chi connectivity index (χ2v) is 7.29. The Balaban J connectivity index is 1.89. The molecule has 0 bridgehead atoms. The Morgan fingerprint density at radius 2 is 1.55 bits per heavy atom. The van der Waals surface area contributed by atoms with Gasteiger partial charge in [0.25, 0.3) is 0 Å². The molecule has 4 rings (SSSR count). The maximum Gasteiger partial charge on any atom is 0.343 e. The molecule has 5 heteroatoms. The first-order valence-corrected chi connectivity index (χ1v) is 9.42. The lowest BCUT2D eigenvalue weighted by atomic mass is 10.1. The molecule has 4 aromatic rings. The van der Waals surface area contributed by atoms with Gasteiger partial charge in [0.15, 0.2) is 5.76 Å². The van der Waals surface area contributed by atoms with Crippen molar-refractivity contribution >= 4 is 28.5 Å². The summed E-state index contributed by atoms with van der Waals surface area (Å²) >= 11 is 5.88. The summed E-state index contributed by atoms with van der Waals surface area (Å²) < 4.78 is 11.6. The second-order valence-electron chi connectivity index (χ2n) is 6.85. The summed E-state index contributed by atoms with van der Waals surface area (Å²) in [4.78, 5) is 25.9. The van der Waals surface area contributed by atoms with Gasteiger partial charge in [-0.05, 0) is 50.2 Å². The van der Waals surface area contributed by atoms with Crippen molar-refractivity contribution in [1.29, 1.82) is 0 Å². The van der Waals surface area contributed by atoms with Crippen LogP contribution in [-0.2, 0) is 0 Å². The molecule has 0 aliphatic heterocycles. The lowest BCUT2D eigenvalue weighted by Crippen LogP contribution is -2.16. The Morgan fingerprint density at radius 1 is 0.897 bits per heavy atom. The van der Waals surface area contributed by atoms with Gasteiger partial charge in [0.05, 0.1) is 10.9 Å². The van der Waals surface area contributed by atoms with Crippen molar-refractivity contribution in [3.8, 4) is 17.1 Å². The molecule has 0 atom stereocenters. The van der Waals surface area contributed by atoms with Crippen LogP contribution in [0.25, 0.3) is 22.3 Å². The molecule has 0 saturated carbocycles. The van der Waals surface area contributed by atoms with Gasteiger partial charge >= 0.3 is 5.97 Å². The van der Waals surface area contributed by atoms with Gasteiger partial charge in [-0.25, -0.2) is 4.79 Å². The van der Waals surface area contributed by atoms with Crippen molar-refractivity contribution in [3.05, 3.63) is 98.7 Å². The predicted octanol–water partition coefficient (Wildman–Crippen LogP) is 5.95. The average molecular weight is 405 g/mol. The molecule has 0 aliphatic carbocycles. The third kappa shape index (κ3) is 3.80. The highest BCUT2D eigenvalue weighted by Gasteiger charge is 2.21. The first-order chi connectivity index (χ1) is 13.9. The van der Waals surface area contributed by atoms with E-state index in [4.69, 9.17) is 20.8 Å². The van der Waals surface area contributed by atoms with E-state index in [1.807, 2.05) is 44.2 Å². The van der Waals surface area contributed by atoms with Gasteiger partial charge in [0, 0.05) is 10.6 Å². The highest BCUT2D eigenvalue weighted by atomic mass is 35.5. The van der Waals surface area contributed by atoms with Crippen LogP contribution >= 0.6 is 11.6 Å². The van der Waals surface area contributed by atoms with E-state index in [-0.39, 0.29) is 17.1 Å². The summed E-state index contributed by atoms with van der Waals surface area (Å²) in [6.07, 6.45) is 0. The fraction of sp³-hybridized carbons (Fsp3) is 0.0833. The third-order valence-corrected chi connectivity index (χ3v) is 4.84. The van der Waals surface area contributed by atoms with Crippen LogP contribution in [0.1, 0.15) is 21.5 Å². The number of fused-ring (bicyclic) bond motifs is 1. The zero-order valence-corrected chi connectivity index (χ0v) is 16.6. The highest BCUT2D eigenvalue weighted by Crippen LogP contribution is 2.32. The van der Waals surface area contributed by atoms with Crippen molar-refractivity contribution in [2.75, 3.05) is 0 Å². The molecule has 144 valence electrons. The van der Waals surface area contributed by atoms with E-state index in [2.05, 4.69) is 0 Å². The lowest BCUT2D eigenvalue weighted by Gasteiger charge is -2.11. The molecule has 0 N–H and O–H groups in total. The summed E-state index contributed by atoms with van der Waals surface area (Å²) in [5.74, 6) is -0.574. The minimum atomic E-state index is -0.658. The Bertz CT molecular complexity index is 1270. The van der Waals surface area contributed by atoms with E-state index >= 15 is 0 Å². The normalized spacial score (nSPS) is 10.9. The molecule has 4 nitrogen and oxygen atoms in total. The summed E-state index contributed by atoms with van der Waals surface area (Å²) in [6.45, 7) is 3.84. The quantitative estimate of drug-likeness (QED) is 0.396. The van der Waals surface area contributed by atoms with E-state index < -0.39 is 11.4 Å². The topological polar surface area (TPSA) is 56.5 Å². The molecule has 29 heavy (non-hydrogen) atoms. The van der Waals surface area contributed by atoms with E-state index in [1.54, 1.807) is 36.4 Å². The number of carbonyl (C=O) groups is 1. The first-order valence-electron chi connectivity index (χ1n) is 9.04. The van der Waals surface area contributed by atoms with Gasteiger partial charge in [0.2, 0.25) is 11.2 Å². The first kappa shape index (κ1) is 19.0. The molecule has 0 saturated heterocycles. The molecule has 1 heterocycles. The highest BCUT2D eigenvalue weighted by molar-refractivity contribution is 6.30. The van der Waals surface area contributed by atoms with Crippen molar-refractivity contribution in [2.45, 2.75) is 13.8 Å². The van der Waals surface area contributed by atoms with Gasteiger partial charge in [-0.2, -0.15) is 0 Å². The number of ether oxygens (including phenoxy) is 1. The number of hydrogen-bond acceptors (Lipinski definition) is 4. The second kappa shape index (κ2) is 7.57. The molecule has 0 amide bonds. The Kier molecular flexibility index (Phi) is 4.95. The van der Waals surface area contributed by atoms with Crippen LogP contribution in [0.2, 0.25) is 5.02 Å². The average Bonchev–Trinajstić information content (AvgIpc) is 2.71. The number of aryl methyl sites for hydroxylation is 2. The summed E-state index contributed by atoms with van der Waals surface area (Å²) in [5.41, 5.74) is 2.94. The summed E-state index contributed by atoms with van der Waals surface area (Å²) in [6, 6.07) is 19.1. The monoisotopic (exact) mass is 404 g/mol. The summed E-state index contributed by atoms with van der Waals surface area (Å²) in [5, 5.41) is 0.863. The van der Waals surface area contributed by atoms with Crippen LogP contribution in [0, 0.1) is 13.8 Å². The number of esters is 1. The van der Waals surface area contributed by atoms with Crippen LogP contribution in [0.4, 0.5) is 0 Å². The molecular formula is C24H17ClO4. The van der Waals surface area contributed by atoms with Crippen LogP contribution < -0.4 is 10.2 Å². The third-order valence-electron chi connectivity index (χ3n) is 4.59. The van der Waals surface area contributed by atoms with Gasteiger partial charge in [-0.1, -0.05) is 53.1 Å².